The molecule has 0 aromatic heterocycles. The Morgan fingerprint density at radius 2 is 2.05 bits per heavy atom. The summed E-state index contributed by atoms with van der Waals surface area (Å²) < 4.78 is 18.8. The minimum Gasteiger partial charge on any atom is -0.482 e. The van der Waals surface area contributed by atoms with Gasteiger partial charge < -0.3 is 4.74 Å². The van der Waals surface area contributed by atoms with Gasteiger partial charge in [-0.1, -0.05) is 12.8 Å². The largest absolute Gasteiger partial charge is 0.482 e. The van der Waals surface area contributed by atoms with Gasteiger partial charge in [0, 0.05) is 6.42 Å². The van der Waals surface area contributed by atoms with E-state index in [1.807, 2.05) is 0 Å². The molecule has 6 heteroatoms. The minimum atomic E-state index is -0.677. The topological polar surface area (TPSA) is 69.4 Å². The van der Waals surface area contributed by atoms with E-state index < -0.39 is 21.8 Å². The summed E-state index contributed by atoms with van der Waals surface area (Å²) in [5.41, 5.74) is -0.847. The first-order valence-corrected chi connectivity index (χ1v) is 6.67. The quantitative estimate of drug-likeness (QED) is 0.630. The van der Waals surface area contributed by atoms with Crippen LogP contribution >= 0.6 is 0 Å². The lowest BCUT2D eigenvalue weighted by Crippen LogP contribution is -2.55. The van der Waals surface area contributed by atoms with Gasteiger partial charge in [0.2, 0.25) is 0 Å². The number of ether oxygens (including phenoxy) is 1. The third-order valence-corrected chi connectivity index (χ3v) is 4.43. The van der Waals surface area contributed by atoms with E-state index in [9.17, 15) is 19.3 Å². The van der Waals surface area contributed by atoms with Crippen LogP contribution in [0.1, 0.15) is 32.1 Å². The number of nitrogens with zero attached hydrogens (tertiary/aromatic N) is 1. The molecular weight excluding hydrogens is 265 g/mol. The highest BCUT2D eigenvalue weighted by molar-refractivity contribution is 5.92. The van der Waals surface area contributed by atoms with E-state index in [0.29, 0.717) is 0 Å². The number of halogens is 1. The zero-order valence-electron chi connectivity index (χ0n) is 10.8. The third kappa shape index (κ3) is 1.87. The number of nitro benzene ring substituents is 1. The van der Waals surface area contributed by atoms with Gasteiger partial charge in [0.25, 0.3) is 0 Å². The van der Waals surface area contributed by atoms with Gasteiger partial charge in [0.15, 0.2) is 5.75 Å². The van der Waals surface area contributed by atoms with E-state index in [0.717, 1.165) is 37.8 Å². The maximum atomic E-state index is 13.1. The van der Waals surface area contributed by atoms with Gasteiger partial charge in [-0.25, -0.2) is 4.39 Å². The minimum absolute atomic E-state index is 0.0418. The summed E-state index contributed by atoms with van der Waals surface area (Å²) >= 11 is 0. The molecule has 1 aromatic carbocycles. The highest BCUT2D eigenvalue weighted by Gasteiger charge is 2.57. The molecule has 1 aromatic rings. The van der Waals surface area contributed by atoms with E-state index in [4.69, 9.17) is 4.74 Å². The molecule has 2 saturated carbocycles. The molecular formula is C14H14FNO4. The molecule has 0 amide bonds. The average Bonchev–Trinajstić information content (AvgIpc) is 2.92. The van der Waals surface area contributed by atoms with E-state index in [1.54, 1.807) is 0 Å². The van der Waals surface area contributed by atoms with Gasteiger partial charge in [-0.05, 0) is 25.0 Å². The van der Waals surface area contributed by atoms with Gasteiger partial charge in [-0.2, -0.15) is 0 Å². The number of hydrogen-bond donors (Lipinski definition) is 0. The second-order valence-corrected chi connectivity index (χ2v) is 5.47. The Kier molecular flexibility index (Phi) is 2.96. The zero-order chi connectivity index (χ0) is 14.3. The molecule has 1 spiro atoms. The Balaban J connectivity index is 1.85. The van der Waals surface area contributed by atoms with Gasteiger partial charge in [-0.15, -0.1) is 0 Å². The Bertz CT molecular complexity index is 581. The molecule has 2 aliphatic carbocycles. The van der Waals surface area contributed by atoms with Crippen molar-refractivity contribution in [1.82, 2.24) is 0 Å². The Morgan fingerprint density at radius 3 is 2.65 bits per heavy atom. The fourth-order valence-electron chi connectivity index (χ4n) is 3.26. The predicted octanol–water partition coefficient (Wildman–Crippen LogP) is 3.01. The summed E-state index contributed by atoms with van der Waals surface area (Å²) in [5, 5.41) is 10.9. The van der Waals surface area contributed by atoms with Crippen LogP contribution in [0.3, 0.4) is 0 Å². The molecule has 0 radical (unpaired) electrons. The molecule has 0 saturated heterocycles. The van der Waals surface area contributed by atoms with Crippen molar-refractivity contribution < 1.29 is 18.8 Å². The summed E-state index contributed by atoms with van der Waals surface area (Å²) in [7, 11) is 0. The average molecular weight is 279 g/mol. The summed E-state index contributed by atoms with van der Waals surface area (Å²) in [6.07, 6.45) is 3.50. The predicted molar refractivity (Wildman–Crippen MR) is 68.0 cm³/mol. The van der Waals surface area contributed by atoms with Crippen LogP contribution in [-0.4, -0.2) is 16.8 Å². The van der Waals surface area contributed by atoms with Crippen LogP contribution in [0.2, 0.25) is 0 Å². The van der Waals surface area contributed by atoms with E-state index >= 15 is 0 Å². The van der Waals surface area contributed by atoms with Crippen LogP contribution in [0.25, 0.3) is 0 Å². The van der Waals surface area contributed by atoms with Gasteiger partial charge in [-0.3, -0.25) is 14.9 Å². The molecule has 0 bridgehead atoms. The number of carbonyl (C=O) groups is 1. The summed E-state index contributed by atoms with van der Waals surface area (Å²) in [6.45, 7) is 0. The first-order valence-electron chi connectivity index (χ1n) is 6.67. The lowest BCUT2D eigenvalue weighted by atomic mass is 9.63. The number of rotatable bonds is 3. The first kappa shape index (κ1) is 13.0. The van der Waals surface area contributed by atoms with Crippen molar-refractivity contribution in [3.8, 4) is 5.75 Å². The second-order valence-electron chi connectivity index (χ2n) is 5.47. The number of Topliss-reactive ketones (excluding diaryl/α,β-unsaturated/α-hetero) is 1. The molecule has 106 valence electrons. The van der Waals surface area contributed by atoms with Crippen molar-refractivity contribution in [3.63, 3.8) is 0 Å². The maximum absolute atomic E-state index is 13.1. The van der Waals surface area contributed by atoms with Crippen molar-refractivity contribution >= 4 is 11.5 Å². The van der Waals surface area contributed by atoms with Gasteiger partial charge in [0.1, 0.15) is 17.7 Å². The van der Waals surface area contributed by atoms with E-state index in [1.165, 1.54) is 6.07 Å². The fourth-order valence-corrected chi connectivity index (χ4v) is 3.26. The van der Waals surface area contributed by atoms with Crippen LogP contribution in [0, 0.1) is 21.3 Å². The monoisotopic (exact) mass is 279 g/mol. The lowest BCUT2D eigenvalue weighted by Gasteiger charge is -2.44. The zero-order valence-corrected chi connectivity index (χ0v) is 10.8. The molecule has 5 nitrogen and oxygen atoms in total. The van der Waals surface area contributed by atoms with Crippen LogP contribution in [0.5, 0.6) is 5.75 Å². The standard InChI is InChI=1S/C14H14FNO4/c15-9-3-4-11(10(7-9)16(18)19)20-13-8-12(17)14(13)5-1-2-6-14/h3-4,7,13H,1-2,5-6,8H2. The molecule has 1 unspecified atom stereocenters. The highest BCUT2D eigenvalue weighted by atomic mass is 19.1. The van der Waals surface area contributed by atoms with Crippen LogP contribution < -0.4 is 4.74 Å². The normalized spacial score (nSPS) is 23.6. The number of nitro groups is 1. The van der Waals surface area contributed by atoms with Crippen molar-refractivity contribution in [2.75, 3.05) is 0 Å². The fraction of sp³-hybridized carbons (Fsp3) is 0.500. The third-order valence-electron chi connectivity index (χ3n) is 4.43. The Morgan fingerprint density at radius 1 is 1.35 bits per heavy atom. The first-order chi connectivity index (χ1) is 9.53. The number of ketones is 1. The molecule has 2 fully saturated rings. The molecule has 0 N–H and O–H groups in total. The van der Waals surface area contributed by atoms with Crippen LogP contribution in [0.15, 0.2) is 18.2 Å². The smallest absolute Gasteiger partial charge is 0.313 e. The van der Waals surface area contributed by atoms with Crippen molar-refractivity contribution in [2.24, 2.45) is 5.41 Å². The van der Waals surface area contributed by atoms with Crippen LogP contribution in [0.4, 0.5) is 10.1 Å². The molecule has 2 aliphatic rings. The second kappa shape index (κ2) is 4.54. The van der Waals surface area contributed by atoms with E-state index in [-0.39, 0.29) is 24.1 Å². The lowest BCUT2D eigenvalue weighted by molar-refractivity contribution is -0.386. The SMILES string of the molecule is O=C1CC(Oc2ccc(F)cc2[N+](=O)[O-])C12CCCC2. The number of benzene rings is 1. The Hall–Kier alpha value is -1.98. The van der Waals surface area contributed by atoms with Crippen molar-refractivity contribution in [1.29, 1.82) is 0 Å². The highest BCUT2D eigenvalue weighted by Crippen LogP contribution is 2.52. The van der Waals surface area contributed by atoms with Gasteiger partial charge >= 0.3 is 5.69 Å². The molecule has 0 heterocycles. The molecule has 3 rings (SSSR count). The molecule has 20 heavy (non-hydrogen) atoms. The molecule has 1 atom stereocenters. The summed E-state index contributed by atoms with van der Waals surface area (Å²) in [5.74, 6) is -0.450. The van der Waals surface area contributed by atoms with Crippen molar-refractivity contribution in [3.05, 3.63) is 34.1 Å². The van der Waals surface area contributed by atoms with E-state index in [2.05, 4.69) is 0 Å². The Labute approximate surface area is 114 Å². The van der Waals surface area contributed by atoms with Crippen LogP contribution in [-0.2, 0) is 4.79 Å². The summed E-state index contributed by atoms with van der Waals surface area (Å²) in [6, 6.07) is 3.24. The van der Waals surface area contributed by atoms with Crippen molar-refractivity contribution in [2.45, 2.75) is 38.2 Å². The number of hydrogen-bond acceptors (Lipinski definition) is 4. The maximum Gasteiger partial charge on any atom is 0.313 e. The summed E-state index contributed by atoms with van der Waals surface area (Å²) in [4.78, 5) is 22.1. The number of carbonyl (C=O) groups excluding carboxylic acids is 1. The van der Waals surface area contributed by atoms with Gasteiger partial charge in [0.05, 0.1) is 16.4 Å². The molecule has 0 aliphatic heterocycles.